The first-order valence-corrected chi connectivity index (χ1v) is 10.8. The lowest BCUT2D eigenvalue weighted by Crippen LogP contribution is -2.54. The standard InChI is InChI=1S/C24H28N4O3/c29-22(28(21-9-5-2-6-10-21)17-19-7-3-1-4-8-19)18-26-13-15-27(16-14-26)24(31)23(30)25-20-11-12-20/h1-10,20H,11-18H2,(H,25,30). The zero-order valence-corrected chi connectivity index (χ0v) is 17.6. The highest BCUT2D eigenvalue weighted by Gasteiger charge is 2.31. The van der Waals surface area contributed by atoms with Gasteiger partial charge < -0.3 is 15.1 Å². The molecule has 2 aromatic carbocycles. The Kier molecular flexibility index (Phi) is 6.62. The summed E-state index contributed by atoms with van der Waals surface area (Å²) in [6.45, 7) is 2.83. The maximum absolute atomic E-state index is 13.2. The lowest BCUT2D eigenvalue weighted by molar-refractivity contribution is -0.147. The van der Waals surface area contributed by atoms with Crippen molar-refractivity contribution >= 4 is 23.4 Å². The van der Waals surface area contributed by atoms with Crippen molar-refractivity contribution in [2.75, 3.05) is 37.6 Å². The Morgan fingerprint density at radius 3 is 2.10 bits per heavy atom. The minimum absolute atomic E-state index is 0.0151. The van der Waals surface area contributed by atoms with Crippen molar-refractivity contribution in [2.24, 2.45) is 0 Å². The second kappa shape index (κ2) is 9.75. The molecule has 0 atom stereocenters. The Balaban J connectivity index is 1.34. The molecule has 3 amide bonds. The van der Waals surface area contributed by atoms with Crippen LogP contribution in [0, 0.1) is 0 Å². The van der Waals surface area contributed by atoms with Gasteiger partial charge in [-0.25, -0.2) is 0 Å². The fraction of sp³-hybridized carbons (Fsp3) is 0.375. The van der Waals surface area contributed by atoms with Gasteiger partial charge in [-0.05, 0) is 30.5 Å². The van der Waals surface area contributed by atoms with Crippen molar-refractivity contribution in [1.82, 2.24) is 15.1 Å². The molecule has 0 radical (unpaired) electrons. The minimum atomic E-state index is -0.509. The number of rotatable bonds is 6. The summed E-state index contributed by atoms with van der Waals surface area (Å²) in [4.78, 5) is 42.9. The Bertz CT molecular complexity index is 907. The summed E-state index contributed by atoms with van der Waals surface area (Å²) < 4.78 is 0. The fourth-order valence-corrected chi connectivity index (χ4v) is 3.70. The van der Waals surface area contributed by atoms with E-state index in [1.54, 1.807) is 9.80 Å². The van der Waals surface area contributed by atoms with Crippen molar-refractivity contribution in [3.05, 3.63) is 66.2 Å². The highest BCUT2D eigenvalue weighted by molar-refractivity contribution is 6.35. The molecule has 162 valence electrons. The number of para-hydroxylation sites is 1. The molecule has 0 unspecified atom stereocenters. The average Bonchev–Trinajstić information content (AvgIpc) is 3.62. The molecule has 7 nitrogen and oxygen atoms in total. The van der Waals surface area contributed by atoms with Crippen LogP contribution < -0.4 is 10.2 Å². The smallest absolute Gasteiger partial charge is 0.311 e. The van der Waals surface area contributed by atoms with Crippen molar-refractivity contribution in [3.63, 3.8) is 0 Å². The van der Waals surface area contributed by atoms with Gasteiger partial charge in [0.15, 0.2) is 0 Å². The SMILES string of the molecule is O=C(NC1CC1)C(=O)N1CCN(CC(=O)N(Cc2ccccc2)c2ccccc2)CC1. The number of hydrogen-bond acceptors (Lipinski definition) is 4. The number of carbonyl (C=O) groups is 3. The van der Waals surface area contributed by atoms with Gasteiger partial charge in [0.25, 0.3) is 0 Å². The van der Waals surface area contributed by atoms with E-state index in [4.69, 9.17) is 0 Å². The molecule has 7 heteroatoms. The summed E-state index contributed by atoms with van der Waals surface area (Å²) in [5, 5.41) is 2.75. The van der Waals surface area contributed by atoms with Crippen LogP contribution in [0.15, 0.2) is 60.7 Å². The van der Waals surface area contributed by atoms with E-state index >= 15 is 0 Å². The molecule has 2 fully saturated rings. The third kappa shape index (κ3) is 5.70. The van der Waals surface area contributed by atoms with Crippen LogP contribution in [-0.4, -0.2) is 66.3 Å². The van der Waals surface area contributed by atoms with Crippen molar-refractivity contribution in [1.29, 1.82) is 0 Å². The molecule has 31 heavy (non-hydrogen) atoms. The van der Waals surface area contributed by atoms with E-state index in [1.807, 2.05) is 65.6 Å². The van der Waals surface area contributed by atoms with Gasteiger partial charge in [0.1, 0.15) is 0 Å². The summed E-state index contributed by atoms with van der Waals surface area (Å²) in [5.41, 5.74) is 1.93. The van der Waals surface area contributed by atoms with Crippen LogP contribution in [0.5, 0.6) is 0 Å². The van der Waals surface area contributed by atoms with Crippen LogP contribution in [0.25, 0.3) is 0 Å². The van der Waals surface area contributed by atoms with Crippen molar-refractivity contribution in [2.45, 2.75) is 25.4 Å². The van der Waals surface area contributed by atoms with Crippen LogP contribution in [0.1, 0.15) is 18.4 Å². The van der Waals surface area contributed by atoms with Gasteiger partial charge >= 0.3 is 11.8 Å². The number of piperazine rings is 1. The molecule has 0 bridgehead atoms. The maximum Gasteiger partial charge on any atom is 0.311 e. The van der Waals surface area contributed by atoms with Crippen LogP contribution in [-0.2, 0) is 20.9 Å². The van der Waals surface area contributed by atoms with E-state index in [-0.39, 0.29) is 18.5 Å². The number of benzene rings is 2. The third-order valence-corrected chi connectivity index (χ3v) is 5.68. The van der Waals surface area contributed by atoms with E-state index in [9.17, 15) is 14.4 Å². The monoisotopic (exact) mass is 420 g/mol. The molecule has 0 aromatic heterocycles. The number of nitrogens with one attached hydrogen (secondary N) is 1. The Hall–Kier alpha value is -3.19. The zero-order valence-electron chi connectivity index (χ0n) is 17.6. The first-order valence-electron chi connectivity index (χ1n) is 10.8. The molecule has 2 aliphatic rings. The summed E-state index contributed by atoms with van der Waals surface area (Å²) in [5.74, 6) is -0.959. The predicted molar refractivity (Wildman–Crippen MR) is 118 cm³/mol. The second-order valence-electron chi connectivity index (χ2n) is 8.12. The predicted octanol–water partition coefficient (Wildman–Crippen LogP) is 1.64. The summed E-state index contributed by atoms with van der Waals surface area (Å²) in [6.07, 6.45) is 1.91. The molecule has 1 saturated carbocycles. The number of carbonyl (C=O) groups excluding carboxylic acids is 3. The number of anilines is 1. The van der Waals surface area contributed by atoms with Gasteiger partial charge in [-0.2, -0.15) is 0 Å². The highest BCUT2D eigenvalue weighted by atomic mass is 16.2. The first kappa shape index (κ1) is 21.1. The van der Waals surface area contributed by atoms with Crippen molar-refractivity contribution < 1.29 is 14.4 Å². The van der Waals surface area contributed by atoms with Crippen LogP contribution in [0.2, 0.25) is 0 Å². The van der Waals surface area contributed by atoms with E-state index < -0.39 is 11.8 Å². The molecular weight excluding hydrogens is 392 g/mol. The maximum atomic E-state index is 13.2. The first-order chi connectivity index (χ1) is 15.1. The average molecular weight is 421 g/mol. The van der Waals surface area contributed by atoms with Gasteiger partial charge in [0, 0.05) is 37.9 Å². The number of nitrogens with zero attached hydrogens (tertiary/aromatic N) is 3. The van der Waals surface area contributed by atoms with Crippen LogP contribution in [0.4, 0.5) is 5.69 Å². The van der Waals surface area contributed by atoms with Crippen LogP contribution in [0.3, 0.4) is 0 Å². The lowest BCUT2D eigenvalue weighted by atomic mass is 10.2. The van der Waals surface area contributed by atoms with Crippen LogP contribution >= 0.6 is 0 Å². The fourth-order valence-electron chi connectivity index (χ4n) is 3.70. The molecule has 1 saturated heterocycles. The molecule has 1 N–H and O–H groups in total. The summed E-state index contributed by atoms with van der Waals surface area (Å²) in [6, 6.07) is 19.8. The molecule has 0 spiro atoms. The quantitative estimate of drug-likeness (QED) is 0.722. The Labute approximate surface area is 182 Å². The molecule has 1 aliphatic carbocycles. The molecule has 1 heterocycles. The van der Waals surface area contributed by atoms with E-state index in [0.717, 1.165) is 24.1 Å². The Morgan fingerprint density at radius 1 is 0.871 bits per heavy atom. The molecule has 2 aromatic rings. The van der Waals surface area contributed by atoms with Gasteiger partial charge in [-0.15, -0.1) is 0 Å². The largest absolute Gasteiger partial charge is 0.345 e. The third-order valence-electron chi connectivity index (χ3n) is 5.68. The number of amides is 3. The summed E-state index contributed by atoms with van der Waals surface area (Å²) >= 11 is 0. The Morgan fingerprint density at radius 2 is 1.48 bits per heavy atom. The molecule has 1 aliphatic heterocycles. The van der Waals surface area contributed by atoms with Gasteiger partial charge in [0.05, 0.1) is 13.1 Å². The highest BCUT2D eigenvalue weighted by Crippen LogP contribution is 2.19. The summed E-state index contributed by atoms with van der Waals surface area (Å²) in [7, 11) is 0. The lowest BCUT2D eigenvalue weighted by Gasteiger charge is -2.35. The van der Waals surface area contributed by atoms with Gasteiger partial charge in [-0.1, -0.05) is 48.5 Å². The van der Waals surface area contributed by atoms with Gasteiger partial charge in [-0.3, -0.25) is 19.3 Å². The molecule has 4 rings (SSSR count). The molecular formula is C24H28N4O3. The minimum Gasteiger partial charge on any atom is -0.345 e. The number of hydrogen-bond donors (Lipinski definition) is 1. The zero-order chi connectivity index (χ0) is 21.6. The van der Waals surface area contributed by atoms with E-state index in [1.165, 1.54) is 0 Å². The van der Waals surface area contributed by atoms with E-state index in [0.29, 0.717) is 32.7 Å². The van der Waals surface area contributed by atoms with Crippen molar-refractivity contribution in [3.8, 4) is 0 Å². The van der Waals surface area contributed by atoms with E-state index in [2.05, 4.69) is 5.32 Å². The van der Waals surface area contributed by atoms with Gasteiger partial charge in [0.2, 0.25) is 5.91 Å². The normalized spacial score (nSPS) is 16.6. The second-order valence-corrected chi connectivity index (χ2v) is 8.12. The topological polar surface area (TPSA) is 73.0 Å².